The maximum Gasteiger partial charge on any atom is 0.319 e. The third kappa shape index (κ3) is 4.15. The fourth-order valence-corrected chi connectivity index (χ4v) is 2.74. The smallest absolute Gasteiger partial charge is 0.319 e. The van der Waals surface area contributed by atoms with E-state index in [2.05, 4.69) is 10.6 Å². The minimum atomic E-state index is -0.497. The van der Waals surface area contributed by atoms with E-state index in [1.165, 1.54) is 24.3 Å². The van der Waals surface area contributed by atoms with E-state index in [4.69, 9.17) is 0 Å². The lowest BCUT2D eigenvalue weighted by Crippen LogP contribution is -2.28. The number of hydrogen-bond acceptors (Lipinski definition) is 4. The first kappa shape index (κ1) is 17.4. The Kier molecular flexibility index (Phi) is 5.12. The van der Waals surface area contributed by atoms with E-state index in [-0.39, 0.29) is 11.6 Å². The van der Waals surface area contributed by atoms with Crippen molar-refractivity contribution in [3.05, 3.63) is 64.2 Å². The fraction of sp³-hybridized carbons (Fsp3) is 0.222. The number of nitrogens with one attached hydrogen (secondary N) is 2. The molecule has 0 aliphatic carbocycles. The number of non-ortho nitro benzene ring substituents is 1. The summed E-state index contributed by atoms with van der Waals surface area (Å²) in [6.07, 6.45) is 1.47. The molecule has 1 fully saturated rings. The number of carbonyl (C=O) groups excluding carboxylic acids is 2. The average Bonchev–Trinajstić information content (AvgIpc) is 3.07. The minimum absolute atomic E-state index is 0.0347. The van der Waals surface area contributed by atoms with Gasteiger partial charge in [0.25, 0.3) is 5.69 Å². The van der Waals surface area contributed by atoms with Crippen LogP contribution in [0.1, 0.15) is 18.4 Å². The van der Waals surface area contributed by atoms with Crippen molar-refractivity contribution in [2.45, 2.75) is 19.4 Å². The van der Waals surface area contributed by atoms with E-state index < -0.39 is 11.0 Å². The Morgan fingerprint density at radius 1 is 1.12 bits per heavy atom. The molecule has 0 bridgehead atoms. The van der Waals surface area contributed by atoms with Crippen LogP contribution in [0, 0.1) is 10.1 Å². The van der Waals surface area contributed by atoms with Crippen molar-refractivity contribution in [3.63, 3.8) is 0 Å². The molecule has 8 heteroatoms. The van der Waals surface area contributed by atoms with Crippen molar-refractivity contribution in [2.24, 2.45) is 0 Å². The summed E-state index contributed by atoms with van der Waals surface area (Å²) in [5, 5.41) is 15.9. The lowest BCUT2D eigenvalue weighted by Gasteiger charge is -2.16. The zero-order chi connectivity index (χ0) is 18.5. The number of amides is 3. The van der Waals surface area contributed by atoms with Crippen molar-refractivity contribution in [1.29, 1.82) is 0 Å². The number of urea groups is 1. The number of anilines is 2. The standard InChI is InChI=1S/C18H18N4O4/c23-17-2-1-11-21(17)15-7-3-13(4-8-15)12-19-18(24)20-14-5-9-16(10-6-14)22(25)26/h3-10H,1-2,11-12H2,(H2,19,20,24). The number of nitro benzene ring substituents is 1. The highest BCUT2D eigenvalue weighted by molar-refractivity contribution is 5.95. The molecule has 0 spiro atoms. The van der Waals surface area contributed by atoms with Gasteiger partial charge in [0.2, 0.25) is 5.91 Å². The number of hydrogen-bond donors (Lipinski definition) is 2. The second kappa shape index (κ2) is 7.64. The van der Waals surface area contributed by atoms with Crippen LogP contribution in [-0.2, 0) is 11.3 Å². The molecule has 0 atom stereocenters. The molecular weight excluding hydrogens is 336 g/mol. The van der Waals surface area contributed by atoms with Crippen LogP contribution in [0.5, 0.6) is 0 Å². The molecule has 0 saturated carbocycles. The van der Waals surface area contributed by atoms with Gasteiger partial charge in [0.1, 0.15) is 0 Å². The predicted octanol–water partition coefficient (Wildman–Crippen LogP) is 3.04. The van der Waals surface area contributed by atoms with Gasteiger partial charge in [-0.2, -0.15) is 0 Å². The van der Waals surface area contributed by atoms with Gasteiger partial charge in [0, 0.05) is 43.0 Å². The molecule has 1 saturated heterocycles. The summed E-state index contributed by atoms with van der Waals surface area (Å²) in [7, 11) is 0. The quantitative estimate of drug-likeness (QED) is 0.636. The van der Waals surface area contributed by atoms with Gasteiger partial charge in [-0.25, -0.2) is 4.79 Å². The van der Waals surface area contributed by atoms with Crippen LogP contribution < -0.4 is 15.5 Å². The maximum atomic E-state index is 11.9. The molecular formula is C18H18N4O4. The van der Waals surface area contributed by atoms with E-state index in [0.717, 1.165) is 24.2 Å². The van der Waals surface area contributed by atoms with E-state index in [0.29, 0.717) is 18.7 Å². The van der Waals surface area contributed by atoms with Crippen LogP contribution in [0.4, 0.5) is 21.9 Å². The van der Waals surface area contributed by atoms with E-state index in [1.807, 2.05) is 24.3 Å². The van der Waals surface area contributed by atoms with Crippen LogP contribution in [0.3, 0.4) is 0 Å². The Labute approximate surface area is 150 Å². The lowest BCUT2D eigenvalue weighted by atomic mass is 10.2. The zero-order valence-corrected chi connectivity index (χ0v) is 14.0. The van der Waals surface area contributed by atoms with Gasteiger partial charge >= 0.3 is 6.03 Å². The molecule has 26 heavy (non-hydrogen) atoms. The van der Waals surface area contributed by atoms with Crippen molar-refractivity contribution in [1.82, 2.24) is 5.32 Å². The average molecular weight is 354 g/mol. The summed E-state index contributed by atoms with van der Waals surface area (Å²) in [6, 6.07) is 12.7. The number of nitro groups is 1. The highest BCUT2D eigenvalue weighted by Crippen LogP contribution is 2.21. The third-order valence-electron chi connectivity index (χ3n) is 4.11. The Morgan fingerprint density at radius 2 is 1.81 bits per heavy atom. The monoisotopic (exact) mass is 354 g/mol. The van der Waals surface area contributed by atoms with Crippen molar-refractivity contribution in [2.75, 3.05) is 16.8 Å². The third-order valence-corrected chi connectivity index (χ3v) is 4.11. The second-order valence-corrected chi connectivity index (χ2v) is 5.93. The molecule has 2 aromatic carbocycles. The molecule has 1 aliphatic rings. The van der Waals surface area contributed by atoms with Crippen LogP contribution >= 0.6 is 0 Å². The molecule has 1 aliphatic heterocycles. The summed E-state index contributed by atoms with van der Waals surface area (Å²) >= 11 is 0. The van der Waals surface area contributed by atoms with E-state index in [1.54, 1.807) is 4.90 Å². The second-order valence-electron chi connectivity index (χ2n) is 5.93. The van der Waals surface area contributed by atoms with Crippen molar-refractivity contribution >= 4 is 29.0 Å². The molecule has 0 aromatic heterocycles. The number of rotatable bonds is 5. The normalized spacial score (nSPS) is 13.5. The Bertz CT molecular complexity index is 818. The first-order valence-electron chi connectivity index (χ1n) is 8.21. The summed E-state index contributed by atoms with van der Waals surface area (Å²) in [6.45, 7) is 1.07. The highest BCUT2D eigenvalue weighted by Gasteiger charge is 2.21. The predicted molar refractivity (Wildman–Crippen MR) is 97.0 cm³/mol. The van der Waals surface area contributed by atoms with Gasteiger partial charge in [-0.1, -0.05) is 12.1 Å². The summed E-state index contributed by atoms with van der Waals surface area (Å²) < 4.78 is 0. The summed E-state index contributed by atoms with van der Waals surface area (Å²) in [5.74, 6) is 0.137. The largest absolute Gasteiger partial charge is 0.334 e. The van der Waals surface area contributed by atoms with Gasteiger partial charge in [0.05, 0.1) is 4.92 Å². The molecule has 0 unspecified atom stereocenters. The molecule has 3 rings (SSSR count). The van der Waals surface area contributed by atoms with E-state index in [9.17, 15) is 19.7 Å². The van der Waals surface area contributed by atoms with Gasteiger partial charge in [0.15, 0.2) is 0 Å². The number of carbonyl (C=O) groups is 2. The lowest BCUT2D eigenvalue weighted by molar-refractivity contribution is -0.384. The van der Waals surface area contributed by atoms with Gasteiger partial charge in [-0.3, -0.25) is 14.9 Å². The van der Waals surface area contributed by atoms with Crippen LogP contribution in [0.2, 0.25) is 0 Å². The SMILES string of the molecule is O=C(NCc1ccc(N2CCCC2=O)cc1)Nc1ccc([N+](=O)[O-])cc1. The maximum absolute atomic E-state index is 11.9. The first-order valence-corrected chi connectivity index (χ1v) is 8.21. The van der Waals surface area contributed by atoms with E-state index >= 15 is 0 Å². The van der Waals surface area contributed by atoms with Gasteiger partial charge < -0.3 is 15.5 Å². The molecule has 2 N–H and O–H groups in total. The topological polar surface area (TPSA) is 105 Å². The summed E-state index contributed by atoms with van der Waals surface area (Å²) in [5.41, 5.74) is 2.20. The van der Waals surface area contributed by atoms with Crippen molar-refractivity contribution in [3.8, 4) is 0 Å². The Hall–Kier alpha value is -3.42. The fourth-order valence-electron chi connectivity index (χ4n) is 2.74. The highest BCUT2D eigenvalue weighted by atomic mass is 16.6. The molecule has 1 heterocycles. The Balaban J connectivity index is 1.51. The Morgan fingerprint density at radius 3 is 2.38 bits per heavy atom. The molecule has 134 valence electrons. The van der Waals surface area contributed by atoms with Crippen LogP contribution in [-0.4, -0.2) is 23.4 Å². The molecule has 8 nitrogen and oxygen atoms in total. The van der Waals surface area contributed by atoms with Gasteiger partial charge in [-0.15, -0.1) is 0 Å². The molecule has 2 aromatic rings. The first-order chi connectivity index (χ1) is 12.5. The number of benzene rings is 2. The van der Waals surface area contributed by atoms with Crippen LogP contribution in [0.15, 0.2) is 48.5 Å². The summed E-state index contributed by atoms with van der Waals surface area (Å²) in [4.78, 5) is 35.5. The number of nitrogens with zero attached hydrogens (tertiary/aromatic N) is 2. The molecule has 3 amide bonds. The van der Waals surface area contributed by atoms with Crippen LogP contribution in [0.25, 0.3) is 0 Å². The molecule has 0 radical (unpaired) electrons. The zero-order valence-electron chi connectivity index (χ0n) is 14.0. The van der Waals surface area contributed by atoms with Gasteiger partial charge in [-0.05, 0) is 36.2 Å². The van der Waals surface area contributed by atoms with Crippen molar-refractivity contribution < 1.29 is 14.5 Å². The minimum Gasteiger partial charge on any atom is -0.334 e.